The third-order valence-electron chi connectivity index (χ3n) is 3.93. The molecule has 18 heavy (non-hydrogen) atoms. The van der Waals surface area contributed by atoms with Crippen molar-refractivity contribution in [1.82, 2.24) is 0 Å². The Labute approximate surface area is 108 Å². The SMILES string of the molecule is Cc1ccc(N2CC(C(=O)O)CCC2(C)C)cc1. The lowest BCUT2D eigenvalue weighted by atomic mass is 9.84. The Balaban J connectivity index is 2.26. The van der Waals surface area contributed by atoms with E-state index >= 15 is 0 Å². The number of benzene rings is 1. The molecule has 1 fully saturated rings. The molecule has 0 aliphatic carbocycles. The molecule has 3 heteroatoms. The molecule has 3 nitrogen and oxygen atoms in total. The van der Waals surface area contributed by atoms with Crippen molar-refractivity contribution in [1.29, 1.82) is 0 Å². The minimum Gasteiger partial charge on any atom is -0.481 e. The lowest BCUT2D eigenvalue weighted by Crippen LogP contribution is -2.52. The van der Waals surface area contributed by atoms with E-state index in [4.69, 9.17) is 0 Å². The molecular weight excluding hydrogens is 226 g/mol. The van der Waals surface area contributed by atoms with Crippen LogP contribution in [0.4, 0.5) is 5.69 Å². The van der Waals surface area contributed by atoms with Crippen molar-refractivity contribution in [3.63, 3.8) is 0 Å². The molecule has 1 atom stereocenters. The average molecular weight is 247 g/mol. The largest absolute Gasteiger partial charge is 0.481 e. The molecule has 1 aliphatic heterocycles. The quantitative estimate of drug-likeness (QED) is 0.873. The Bertz CT molecular complexity index is 436. The van der Waals surface area contributed by atoms with E-state index in [1.54, 1.807) is 0 Å². The van der Waals surface area contributed by atoms with Gasteiger partial charge in [-0.05, 0) is 45.7 Å². The summed E-state index contributed by atoms with van der Waals surface area (Å²) in [6.45, 7) is 7.03. The van der Waals surface area contributed by atoms with E-state index in [9.17, 15) is 9.90 Å². The summed E-state index contributed by atoms with van der Waals surface area (Å²) in [5, 5.41) is 9.19. The predicted molar refractivity (Wildman–Crippen MR) is 73.0 cm³/mol. The summed E-state index contributed by atoms with van der Waals surface area (Å²) in [5.74, 6) is -0.929. The van der Waals surface area contributed by atoms with E-state index in [2.05, 4.69) is 49.9 Å². The summed E-state index contributed by atoms with van der Waals surface area (Å²) in [4.78, 5) is 13.4. The van der Waals surface area contributed by atoms with E-state index < -0.39 is 5.97 Å². The van der Waals surface area contributed by atoms with E-state index in [0.29, 0.717) is 6.54 Å². The van der Waals surface area contributed by atoms with Gasteiger partial charge in [-0.1, -0.05) is 17.7 Å². The molecule has 1 unspecified atom stereocenters. The van der Waals surface area contributed by atoms with Crippen molar-refractivity contribution in [2.45, 2.75) is 39.2 Å². The van der Waals surface area contributed by atoms with E-state index in [1.165, 1.54) is 5.56 Å². The van der Waals surface area contributed by atoms with Crippen LogP contribution in [0.3, 0.4) is 0 Å². The minimum atomic E-state index is -0.678. The fraction of sp³-hybridized carbons (Fsp3) is 0.533. The number of aliphatic carboxylic acids is 1. The number of carbonyl (C=O) groups is 1. The summed E-state index contributed by atoms with van der Waals surface area (Å²) < 4.78 is 0. The number of carboxylic acid groups (broad SMARTS) is 1. The van der Waals surface area contributed by atoms with Crippen LogP contribution in [-0.2, 0) is 4.79 Å². The van der Waals surface area contributed by atoms with Gasteiger partial charge in [0.25, 0.3) is 0 Å². The maximum absolute atomic E-state index is 11.2. The first-order chi connectivity index (χ1) is 8.40. The lowest BCUT2D eigenvalue weighted by molar-refractivity contribution is -0.142. The molecule has 1 aromatic rings. The normalized spacial score (nSPS) is 22.8. The zero-order valence-electron chi connectivity index (χ0n) is 11.3. The standard InChI is InChI=1S/C15H21NO2/c1-11-4-6-13(7-5-11)16-10-12(14(17)18)8-9-15(16,2)3/h4-7,12H,8-10H2,1-3H3,(H,17,18). The fourth-order valence-corrected chi connectivity index (χ4v) is 2.60. The summed E-state index contributed by atoms with van der Waals surface area (Å²) >= 11 is 0. The number of rotatable bonds is 2. The first-order valence-corrected chi connectivity index (χ1v) is 6.47. The monoisotopic (exact) mass is 247 g/mol. The first kappa shape index (κ1) is 12.9. The van der Waals surface area contributed by atoms with Crippen LogP contribution in [0.25, 0.3) is 0 Å². The highest BCUT2D eigenvalue weighted by atomic mass is 16.4. The van der Waals surface area contributed by atoms with Crippen LogP contribution in [0.15, 0.2) is 24.3 Å². The van der Waals surface area contributed by atoms with Gasteiger partial charge in [0, 0.05) is 17.8 Å². The van der Waals surface area contributed by atoms with Gasteiger partial charge in [0.2, 0.25) is 0 Å². The highest BCUT2D eigenvalue weighted by molar-refractivity contribution is 5.71. The van der Waals surface area contributed by atoms with Gasteiger partial charge in [0.1, 0.15) is 0 Å². The molecule has 0 aromatic heterocycles. The predicted octanol–water partition coefficient (Wildman–Crippen LogP) is 3.07. The van der Waals surface area contributed by atoms with Gasteiger partial charge in [-0.15, -0.1) is 0 Å². The van der Waals surface area contributed by atoms with Gasteiger partial charge >= 0.3 is 5.97 Å². The second kappa shape index (κ2) is 4.63. The van der Waals surface area contributed by atoms with E-state index in [0.717, 1.165) is 18.5 Å². The van der Waals surface area contributed by atoms with Crippen molar-refractivity contribution in [3.8, 4) is 0 Å². The van der Waals surface area contributed by atoms with Gasteiger partial charge in [0.15, 0.2) is 0 Å². The van der Waals surface area contributed by atoms with Gasteiger partial charge in [-0.2, -0.15) is 0 Å². The molecule has 1 heterocycles. The summed E-state index contributed by atoms with van der Waals surface area (Å²) in [6, 6.07) is 8.33. The second-order valence-electron chi connectivity index (χ2n) is 5.83. The molecule has 98 valence electrons. The first-order valence-electron chi connectivity index (χ1n) is 6.47. The number of carboxylic acids is 1. The molecule has 1 aliphatic rings. The van der Waals surface area contributed by atoms with Crippen LogP contribution in [-0.4, -0.2) is 23.2 Å². The Morgan fingerprint density at radius 3 is 2.50 bits per heavy atom. The van der Waals surface area contributed by atoms with Crippen molar-refractivity contribution in [2.75, 3.05) is 11.4 Å². The smallest absolute Gasteiger partial charge is 0.308 e. The van der Waals surface area contributed by atoms with E-state index in [1.807, 2.05) is 0 Å². The molecule has 0 bridgehead atoms. The average Bonchev–Trinajstić information content (AvgIpc) is 2.30. The Hall–Kier alpha value is -1.51. The number of hydrogen-bond donors (Lipinski definition) is 1. The molecule has 1 N–H and O–H groups in total. The van der Waals surface area contributed by atoms with Crippen LogP contribution in [0.2, 0.25) is 0 Å². The van der Waals surface area contributed by atoms with Crippen LogP contribution >= 0.6 is 0 Å². The molecule has 1 saturated heterocycles. The van der Waals surface area contributed by atoms with Gasteiger partial charge < -0.3 is 10.0 Å². The Kier molecular flexibility index (Phi) is 3.33. The molecule has 0 spiro atoms. The highest BCUT2D eigenvalue weighted by Crippen LogP contribution is 2.34. The fourth-order valence-electron chi connectivity index (χ4n) is 2.60. The number of aryl methyl sites for hydroxylation is 1. The number of piperidine rings is 1. The highest BCUT2D eigenvalue weighted by Gasteiger charge is 2.36. The number of hydrogen-bond acceptors (Lipinski definition) is 2. The number of anilines is 1. The van der Waals surface area contributed by atoms with Crippen molar-refractivity contribution in [3.05, 3.63) is 29.8 Å². The summed E-state index contributed by atoms with van der Waals surface area (Å²) in [7, 11) is 0. The van der Waals surface area contributed by atoms with Crippen LogP contribution in [0.1, 0.15) is 32.3 Å². The molecular formula is C15H21NO2. The topological polar surface area (TPSA) is 40.5 Å². The number of nitrogens with zero attached hydrogens (tertiary/aromatic N) is 1. The minimum absolute atomic E-state index is 0.0290. The summed E-state index contributed by atoms with van der Waals surface area (Å²) in [6.07, 6.45) is 1.68. The summed E-state index contributed by atoms with van der Waals surface area (Å²) in [5.41, 5.74) is 2.38. The zero-order valence-corrected chi connectivity index (χ0v) is 11.3. The zero-order chi connectivity index (χ0) is 13.3. The van der Waals surface area contributed by atoms with E-state index in [-0.39, 0.29) is 11.5 Å². The molecule has 2 rings (SSSR count). The van der Waals surface area contributed by atoms with Crippen LogP contribution in [0.5, 0.6) is 0 Å². The van der Waals surface area contributed by atoms with Crippen molar-refractivity contribution in [2.24, 2.45) is 5.92 Å². The maximum Gasteiger partial charge on any atom is 0.308 e. The van der Waals surface area contributed by atoms with Gasteiger partial charge in [-0.3, -0.25) is 4.79 Å². The van der Waals surface area contributed by atoms with Crippen molar-refractivity contribution >= 4 is 11.7 Å². The van der Waals surface area contributed by atoms with Gasteiger partial charge in [-0.25, -0.2) is 0 Å². The second-order valence-corrected chi connectivity index (χ2v) is 5.83. The molecule has 0 saturated carbocycles. The Morgan fingerprint density at radius 2 is 1.94 bits per heavy atom. The molecule has 1 aromatic carbocycles. The van der Waals surface area contributed by atoms with Gasteiger partial charge in [0.05, 0.1) is 5.92 Å². The lowest BCUT2D eigenvalue weighted by Gasteiger charge is -2.46. The molecule has 0 amide bonds. The van der Waals surface area contributed by atoms with Crippen LogP contribution in [0, 0.1) is 12.8 Å². The Morgan fingerprint density at radius 1 is 1.33 bits per heavy atom. The maximum atomic E-state index is 11.2. The molecule has 0 radical (unpaired) electrons. The van der Waals surface area contributed by atoms with Crippen LogP contribution < -0.4 is 4.90 Å². The van der Waals surface area contributed by atoms with Crippen molar-refractivity contribution < 1.29 is 9.90 Å². The third-order valence-corrected chi connectivity index (χ3v) is 3.93. The third kappa shape index (κ3) is 2.50.